The van der Waals surface area contributed by atoms with E-state index in [2.05, 4.69) is 11.8 Å². The highest BCUT2D eigenvalue weighted by atomic mass is 16.5. The van der Waals surface area contributed by atoms with Crippen molar-refractivity contribution in [1.82, 2.24) is 0 Å². The second-order valence-corrected chi connectivity index (χ2v) is 4.41. The Hall–Kier alpha value is -2.44. The SMILES string of the molecule is COc1ccccc1OCc1ccc(C#CCCO)cc1. The lowest BCUT2D eigenvalue weighted by atomic mass is 10.1. The fraction of sp³-hybridized carbons (Fsp3) is 0.222. The summed E-state index contributed by atoms with van der Waals surface area (Å²) in [6.07, 6.45) is 0.499. The van der Waals surface area contributed by atoms with Gasteiger partial charge in [0, 0.05) is 12.0 Å². The number of aliphatic hydroxyl groups excluding tert-OH is 1. The van der Waals surface area contributed by atoms with E-state index in [-0.39, 0.29) is 6.61 Å². The second kappa shape index (κ2) is 7.98. The summed E-state index contributed by atoms with van der Waals surface area (Å²) in [5.41, 5.74) is 2.00. The summed E-state index contributed by atoms with van der Waals surface area (Å²) in [5.74, 6) is 7.34. The molecule has 0 bridgehead atoms. The Morgan fingerprint density at radius 2 is 1.71 bits per heavy atom. The highest BCUT2D eigenvalue weighted by Gasteiger charge is 2.02. The third kappa shape index (κ3) is 4.55. The summed E-state index contributed by atoms with van der Waals surface area (Å²) in [4.78, 5) is 0. The van der Waals surface area contributed by atoms with Crippen LogP contribution in [-0.2, 0) is 6.61 Å². The van der Waals surface area contributed by atoms with E-state index in [1.165, 1.54) is 0 Å². The summed E-state index contributed by atoms with van der Waals surface area (Å²) in [6.45, 7) is 0.572. The zero-order valence-corrected chi connectivity index (χ0v) is 12.0. The minimum Gasteiger partial charge on any atom is -0.493 e. The first-order chi connectivity index (χ1) is 10.3. The molecule has 2 aromatic rings. The third-order valence-corrected chi connectivity index (χ3v) is 2.89. The van der Waals surface area contributed by atoms with Crippen molar-refractivity contribution in [3.63, 3.8) is 0 Å². The van der Waals surface area contributed by atoms with E-state index in [1.54, 1.807) is 7.11 Å². The standard InChI is InChI=1S/C18H18O3/c1-20-17-7-2-3-8-18(17)21-14-16-11-9-15(10-12-16)6-4-5-13-19/h2-3,7-12,19H,5,13-14H2,1H3. The smallest absolute Gasteiger partial charge is 0.161 e. The number of methoxy groups -OCH3 is 1. The average molecular weight is 282 g/mol. The lowest BCUT2D eigenvalue weighted by Crippen LogP contribution is -1.97. The molecule has 21 heavy (non-hydrogen) atoms. The van der Waals surface area contributed by atoms with Crippen molar-refractivity contribution in [3.05, 3.63) is 59.7 Å². The Balaban J connectivity index is 1.96. The van der Waals surface area contributed by atoms with Crippen LogP contribution < -0.4 is 9.47 Å². The first kappa shape index (κ1) is 15.0. The second-order valence-electron chi connectivity index (χ2n) is 4.41. The molecule has 0 radical (unpaired) electrons. The van der Waals surface area contributed by atoms with Gasteiger partial charge in [-0.2, -0.15) is 0 Å². The predicted octanol–water partition coefficient (Wildman–Crippen LogP) is 3.01. The number of rotatable bonds is 5. The Morgan fingerprint density at radius 3 is 2.38 bits per heavy atom. The van der Waals surface area contributed by atoms with Gasteiger partial charge < -0.3 is 14.6 Å². The quantitative estimate of drug-likeness (QED) is 0.857. The third-order valence-electron chi connectivity index (χ3n) is 2.89. The molecule has 0 spiro atoms. The molecule has 0 aliphatic carbocycles. The molecule has 3 heteroatoms. The van der Waals surface area contributed by atoms with Crippen molar-refractivity contribution in [1.29, 1.82) is 0 Å². The molecule has 1 N–H and O–H groups in total. The molecule has 0 amide bonds. The Labute approximate surface area is 125 Å². The normalized spacial score (nSPS) is 9.62. The Kier molecular flexibility index (Phi) is 5.69. The van der Waals surface area contributed by atoms with E-state index >= 15 is 0 Å². The number of benzene rings is 2. The summed E-state index contributed by atoms with van der Waals surface area (Å²) < 4.78 is 11.0. The van der Waals surface area contributed by atoms with Crippen LogP contribution in [0.4, 0.5) is 0 Å². The summed E-state index contributed by atoms with van der Waals surface area (Å²) in [5, 5.41) is 8.68. The number of hydrogen-bond donors (Lipinski definition) is 1. The number of para-hydroxylation sites is 2. The van der Waals surface area contributed by atoms with Crippen LogP contribution in [-0.4, -0.2) is 18.8 Å². The van der Waals surface area contributed by atoms with Gasteiger partial charge >= 0.3 is 0 Å². The van der Waals surface area contributed by atoms with Gasteiger partial charge in [-0.15, -0.1) is 0 Å². The lowest BCUT2D eigenvalue weighted by Gasteiger charge is -2.10. The number of ether oxygens (including phenoxy) is 2. The molecule has 0 aliphatic heterocycles. The first-order valence-corrected chi connectivity index (χ1v) is 6.78. The molecule has 2 rings (SSSR count). The highest BCUT2D eigenvalue weighted by molar-refractivity contribution is 5.40. The molecular weight excluding hydrogens is 264 g/mol. The van der Waals surface area contributed by atoms with Gasteiger partial charge in [-0.25, -0.2) is 0 Å². The van der Waals surface area contributed by atoms with E-state index in [1.807, 2.05) is 48.5 Å². The van der Waals surface area contributed by atoms with Gasteiger partial charge in [-0.1, -0.05) is 36.1 Å². The van der Waals surface area contributed by atoms with E-state index in [4.69, 9.17) is 14.6 Å². The number of hydrogen-bond acceptors (Lipinski definition) is 3. The van der Waals surface area contributed by atoms with Crippen LogP contribution in [0.5, 0.6) is 11.5 Å². The maximum atomic E-state index is 8.68. The molecule has 0 aromatic heterocycles. The summed E-state index contributed by atoms with van der Waals surface area (Å²) >= 11 is 0. The van der Waals surface area contributed by atoms with Crippen molar-refractivity contribution in [2.75, 3.05) is 13.7 Å². The Morgan fingerprint density at radius 1 is 1.00 bits per heavy atom. The van der Waals surface area contributed by atoms with Crippen molar-refractivity contribution >= 4 is 0 Å². The fourth-order valence-electron chi connectivity index (χ4n) is 1.80. The van der Waals surface area contributed by atoms with Gasteiger partial charge in [-0.05, 0) is 29.8 Å². The highest BCUT2D eigenvalue weighted by Crippen LogP contribution is 2.26. The molecule has 3 nitrogen and oxygen atoms in total. The molecular formula is C18H18O3. The van der Waals surface area contributed by atoms with Gasteiger partial charge in [0.1, 0.15) is 6.61 Å². The van der Waals surface area contributed by atoms with Crippen LogP contribution in [0.25, 0.3) is 0 Å². The van der Waals surface area contributed by atoms with Gasteiger partial charge in [0.25, 0.3) is 0 Å². The minimum absolute atomic E-state index is 0.0951. The van der Waals surface area contributed by atoms with Crippen LogP contribution in [0.1, 0.15) is 17.5 Å². The van der Waals surface area contributed by atoms with Gasteiger partial charge in [0.05, 0.1) is 13.7 Å². The maximum absolute atomic E-state index is 8.68. The molecule has 0 unspecified atom stereocenters. The van der Waals surface area contributed by atoms with Crippen molar-refractivity contribution in [2.45, 2.75) is 13.0 Å². The van der Waals surface area contributed by atoms with Crippen LogP contribution in [0, 0.1) is 11.8 Å². The van der Waals surface area contributed by atoms with E-state index in [0.717, 1.165) is 22.6 Å². The Bertz CT molecular complexity index is 621. The topological polar surface area (TPSA) is 38.7 Å². The van der Waals surface area contributed by atoms with Crippen molar-refractivity contribution in [2.24, 2.45) is 0 Å². The van der Waals surface area contributed by atoms with Crippen LogP contribution in [0.3, 0.4) is 0 Å². The lowest BCUT2D eigenvalue weighted by molar-refractivity contribution is 0.284. The zero-order chi connectivity index (χ0) is 14.9. The zero-order valence-electron chi connectivity index (χ0n) is 12.0. The van der Waals surface area contributed by atoms with Crippen molar-refractivity contribution < 1.29 is 14.6 Å². The molecule has 0 atom stereocenters. The van der Waals surface area contributed by atoms with E-state index < -0.39 is 0 Å². The van der Waals surface area contributed by atoms with Gasteiger partial charge in [0.15, 0.2) is 11.5 Å². The van der Waals surface area contributed by atoms with Crippen molar-refractivity contribution in [3.8, 4) is 23.3 Å². The number of aliphatic hydroxyl groups is 1. The molecule has 2 aromatic carbocycles. The molecule has 108 valence electrons. The molecule has 0 aliphatic rings. The first-order valence-electron chi connectivity index (χ1n) is 6.78. The van der Waals surface area contributed by atoms with Gasteiger partial charge in [0.2, 0.25) is 0 Å². The molecule has 0 heterocycles. The van der Waals surface area contributed by atoms with E-state index in [0.29, 0.717) is 13.0 Å². The average Bonchev–Trinajstić information content (AvgIpc) is 2.54. The molecule has 0 saturated carbocycles. The largest absolute Gasteiger partial charge is 0.493 e. The van der Waals surface area contributed by atoms with E-state index in [9.17, 15) is 0 Å². The molecule has 0 saturated heterocycles. The fourth-order valence-corrected chi connectivity index (χ4v) is 1.80. The predicted molar refractivity (Wildman–Crippen MR) is 82.3 cm³/mol. The van der Waals surface area contributed by atoms with Crippen LogP contribution in [0.15, 0.2) is 48.5 Å². The van der Waals surface area contributed by atoms with Gasteiger partial charge in [-0.3, -0.25) is 0 Å². The summed E-state index contributed by atoms with van der Waals surface area (Å²) in [6, 6.07) is 15.4. The van der Waals surface area contributed by atoms with Crippen LogP contribution in [0.2, 0.25) is 0 Å². The maximum Gasteiger partial charge on any atom is 0.161 e. The molecule has 0 fully saturated rings. The minimum atomic E-state index is 0.0951. The monoisotopic (exact) mass is 282 g/mol. The summed E-state index contributed by atoms with van der Waals surface area (Å²) in [7, 11) is 1.63. The van der Waals surface area contributed by atoms with Crippen LogP contribution >= 0.6 is 0 Å².